The summed E-state index contributed by atoms with van der Waals surface area (Å²) in [6.45, 7) is 2.05. The second-order valence-corrected chi connectivity index (χ2v) is 7.28. The molecule has 0 spiro atoms. The number of alkyl carbamates (subject to hydrolysis) is 1. The van der Waals surface area contributed by atoms with Crippen LogP contribution in [0.15, 0.2) is 17.5 Å². The Morgan fingerprint density at radius 2 is 2.22 bits per heavy atom. The summed E-state index contributed by atoms with van der Waals surface area (Å²) in [4.78, 5) is 20.8. The molecule has 0 aliphatic carbocycles. The molecule has 0 aliphatic rings. The summed E-state index contributed by atoms with van der Waals surface area (Å²) >= 11 is 2.59. The number of hydrogen-bond donors (Lipinski definition) is 2. The van der Waals surface area contributed by atoms with Gasteiger partial charge in [0, 0.05) is 10.9 Å². The zero-order valence-electron chi connectivity index (χ0n) is 14.2. The first-order chi connectivity index (χ1) is 12.9. The molecule has 10 heteroatoms. The number of rotatable bonds is 4. The van der Waals surface area contributed by atoms with E-state index < -0.39 is 23.2 Å². The monoisotopic (exact) mass is 404 g/mol. The minimum Gasteiger partial charge on any atom is -0.506 e. The molecule has 27 heavy (non-hydrogen) atoms. The van der Waals surface area contributed by atoms with E-state index in [1.807, 2.05) is 6.92 Å². The van der Waals surface area contributed by atoms with Crippen molar-refractivity contribution in [2.24, 2.45) is 0 Å². The van der Waals surface area contributed by atoms with E-state index in [0.29, 0.717) is 15.7 Å². The first kappa shape index (κ1) is 18.8. The lowest BCUT2D eigenvalue weighted by molar-refractivity contribution is 0.170. The molecule has 0 unspecified atom stereocenters. The number of carbonyl (C=O) groups is 1. The maximum absolute atomic E-state index is 14.4. The SMILES string of the molecule is COC(=O)NCc1nc(C)c(-c2csc(-c3ccc(O)c(C#N)c3F)n2)s1. The molecule has 0 bridgehead atoms. The van der Waals surface area contributed by atoms with E-state index in [2.05, 4.69) is 20.0 Å². The largest absolute Gasteiger partial charge is 0.506 e. The zero-order valence-corrected chi connectivity index (χ0v) is 15.9. The third-order valence-electron chi connectivity index (χ3n) is 3.61. The van der Waals surface area contributed by atoms with Gasteiger partial charge in [-0.15, -0.1) is 22.7 Å². The first-order valence-electron chi connectivity index (χ1n) is 7.60. The second-order valence-electron chi connectivity index (χ2n) is 5.34. The Bertz CT molecular complexity index is 1060. The van der Waals surface area contributed by atoms with Gasteiger partial charge in [0.15, 0.2) is 5.82 Å². The fourth-order valence-electron chi connectivity index (χ4n) is 2.32. The fraction of sp³-hybridized carbons (Fsp3) is 0.176. The predicted octanol–water partition coefficient (Wildman–Crippen LogP) is 3.81. The van der Waals surface area contributed by atoms with Crippen LogP contribution in [0.1, 0.15) is 16.3 Å². The molecule has 3 rings (SSSR count). The Balaban J connectivity index is 1.90. The molecule has 0 fully saturated rings. The second kappa shape index (κ2) is 7.69. The number of methoxy groups -OCH3 is 1. The Hall–Kier alpha value is -3.03. The molecular weight excluding hydrogens is 391 g/mol. The number of phenols is 1. The van der Waals surface area contributed by atoms with Gasteiger partial charge < -0.3 is 15.2 Å². The summed E-state index contributed by atoms with van der Waals surface area (Å²) < 4.78 is 19.0. The zero-order chi connectivity index (χ0) is 19.6. The maximum Gasteiger partial charge on any atom is 0.407 e. The third kappa shape index (κ3) is 3.74. The predicted molar refractivity (Wildman–Crippen MR) is 99.0 cm³/mol. The molecule has 0 saturated carbocycles. The topological polar surface area (TPSA) is 108 Å². The quantitative estimate of drug-likeness (QED) is 0.684. The molecule has 0 aliphatic heterocycles. The van der Waals surface area contributed by atoms with Gasteiger partial charge in [0.1, 0.15) is 27.4 Å². The van der Waals surface area contributed by atoms with E-state index in [-0.39, 0.29) is 12.1 Å². The number of benzene rings is 1. The van der Waals surface area contributed by atoms with Crippen LogP contribution in [-0.2, 0) is 11.3 Å². The highest BCUT2D eigenvalue weighted by Gasteiger charge is 2.19. The number of aromatic nitrogens is 2. The lowest BCUT2D eigenvalue weighted by Crippen LogP contribution is -2.22. The molecule has 0 radical (unpaired) electrons. The van der Waals surface area contributed by atoms with E-state index in [0.717, 1.165) is 10.6 Å². The minimum absolute atomic E-state index is 0.148. The van der Waals surface area contributed by atoms with Crippen molar-refractivity contribution in [1.82, 2.24) is 15.3 Å². The summed E-state index contributed by atoms with van der Waals surface area (Å²) in [6.07, 6.45) is -0.545. The Kier molecular flexibility index (Phi) is 5.34. The smallest absolute Gasteiger partial charge is 0.407 e. The third-order valence-corrected chi connectivity index (χ3v) is 5.66. The number of ether oxygens (including phenoxy) is 1. The normalized spacial score (nSPS) is 10.4. The maximum atomic E-state index is 14.4. The van der Waals surface area contributed by atoms with Crippen molar-refractivity contribution < 1.29 is 19.0 Å². The summed E-state index contributed by atoms with van der Waals surface area (Å²) in [5.74, 6) is -1.21. The van der Waals surface area contributed by atoms with Crippen LogP contribution in [0.25, 0.3) is 21.1 Å². The van der Waals surface area contributed by atoms with Crippen LogP contribution >= 0.6 is 22.7 Å². The molecule has 1 amide bonds. The van der Waals surface area contributed by atoms with Gasteiger partial charge in [0.2, 0.25) is 0 Å². The minimum atomic E-state index is -0.803. The van der Waals surface area contributed by atoms with Gasteiger partial charge in [-0.2, -0.15) is 5.26 Å². The van der Waals surface area contributed by atoms with Crippen molar-refractivity contribution in [3.05, 3.63) is 39.6 Å². The molecule has 1 aromatic carbocycles. The standard InChI is InChI=1S/C17H13FN4O3S2/c1-8-15(27-13(21-8)6-20-17(24)25-2)11-7-26-16(22-11)9-3-4-12(23)10(5-19)14(9)18/h3-4,7,23H,6H2,1-2H3,(H,20,24). The molecule has 7 nitrogen and oxygen atoms in total. The highest BCUT2D eigenvalue weighted by atomic mass is 32.1. The van der Waals surface area contributed by atoms with E-state index >= 15 is 0 Å². The molecule has 0 atom stereocenters. The van der Waals surface area contributed by atoms with Gasteiger partial charge in [-0.1, -0.05) is 0 Å². The summed E-state index contributed by atoms with van der Waals surface area (Å²) in [5.41, 5.74) is 1.10. The number of aromatic hydroxyl groups is 1. The van der Waals surface area contributed by atoms with E-state index in [9.17, 15) is 14.3 Å². The molecular formula is C17H13FN4O3S2. The van der Waals surface area contributed by atoms with Crippen LogP contribution < -0.4 is 5.32 Å². The average molecular weight is 404 g/mol. The van der Waals surface area contributed by atoms with E-state index in [1.165, 1.54) is 41.9 Å². The highest BCUT2D eigenvalue weighted by molar-refractivity contribution is 7.16. The number of thiazole rings is 2. The number of aryl methyl sites for hydroxylation is 1. The van der Waals surface area contributed by atoms with Gasteiger partial charge in [-0.05, 0) is 19.1 Å². The Morgan fingerprint density at radius 1 is 1.44 bits per heavy atom. The molecule has 3 aromatic rings. The van der Waals surface area contributed by atoms with Gasteiger partial charge in [-0.3, -0.25) is 0 Å². The van der Waals surface area contributed by atoms with Gasteiger partial charge in [-0.25, -0.2) is 19.2 Å². The van der Waals surface area contributed by atoms with Crippen molar-refractivity contribution in [3.63, 3.8) is 0 Å². The number of phenolic OH excluding ortho intramolecular Hbond substituents is 1. The molecule has 2 aromatic heterocycles. The summed E-state index contributed by atoms with van der Waals surface area (Å²) in [6, 6.07) is 4.31. The van der Waals surface area contributed by atoms with Crippen molar-refractivity contribution in [3.8, 4) is 33.0 Å². The Labute approximate surface area is 161 Å². The highest BCUT2D eigenvalue weighted by Crippen LogP contribution is 2.36. The summed E-state index contributed by atoms with van der Waals surface area (Å²) in [7, 11) is 1.28. The van der Waals surface area contributed by atoms with Crippen molar-refractivity contribution >= 4 is 28.8 Å². The molecule has 138 valence electrons. The van der Waals surface area contributed by atoms with Crippen LogP contribution in [0.4, 0.5) is 9.18 Å². The van der Waals surface area contributed by atoms with Gasteiger partial charge >= 0.3 is 6.09 Å². The van der Waals surface area contributed by atoms with Crippen molar-refractivity contribution in [2.75, 3.05) is 7.11 Å². The fourth-order valence-corrected chi connectivity index (χ4v) is 4.19. The molecule has 0 saturated heterocycles. The van der Waals surface area contributed by atoms with E-state index in [1.54, 1.807) is 11.4 Å². The van der Waals surface area contributed by atoms with Crippen LogP contribution in [0, 0.1) is 24.1 Å². The number of carbonyl (C=O) groups excluding carboxylic acids is 1. The lowest BCUT2D eigenvalue weighted by atomic mass is 10.1. The molecule has 2 heterocycles. The number of nitriles is 1. The van der Waals surface area contributed by atoms with Gasteiger partial charge in [0.25, 0.3) is 0 Å². The first-order valence-corrected chi connectivity index (χ1v) is 9.30. The number of amides is 1. The van der Waals surface area contributed by atoms with Crippen molar-refractivity contribution in [1.29, 1.82) is 5.26 Å². The van der Waals surface area contributed by atoms with Crippen LogP contribution in [0.3, 0.4) is 0 Å². The molecule has 2 N–H and O–H groups in total. The lowest BCUT2D eigenvalue weighted by Gasteiger charge is -2.02. The van der Waals surface area contributed by atoms with E-state index in [4.69, 9.17) is 5.26 Å². The number of halogens is 1. The number of nitrogens with zero attached hydrogens (tertiary/aromatic N) is 3. The van der Waals surface area contributed by atoms with Gasteiger partial charge in [0.05, 0.1) is 29.9 Å². The average Bonchev–Trinajstić information content (AvgIpc) is 3.26. The van der Waals surface area contributed by atoms with Crippen LogP contribution in [0.2, 0.25) is 0 Å². The Morgan fingerprint density at radius 3 is 2.93 bits per heavy atom. The number of nitrogens with one attached hydrogen (secondary N) is 1. The van der Waals surface area contributed by atoms with Crippen LogP contribution in [0.5, 0.6) is 5.75 Å². The van der Waals surface area contributed by atoms with Crippen molar-refractivity contribution in [2.45, 2.75) is 13.5 Å². The number of hydrogen-bond acceptors (Lipinski definition) is 8. The van der Waals surface area contributed by atoms with Crippen LogP contribution in [-0.4, -0.2) is 28.3 Å². The summed E-state index contributed by atoms with van der Waals surface area (Å²) in [5, 5.41) is 24.0.